The Bertz CT molecular complexity index is 424. The third kappa shape index (κ3) is 3.86. The second-order valence-electron chi connectivity index (χ2n) is 4.02. The fraction of sp³-hybridized carbons (Fsp3) is 0.600. The van der Waals surface area contributed by atoms with Crippen LogP contribution in [-0.4, -0.2) is 22.0 Å². The van der Waals surface area contributed by atoms with Crippen molar-refractivity contribution < 1.29 is 8.42 Å². The molecule has 6 heteroatoms. The molecule has 0 saturated carbocycles. The zero-order valence-electron chi connectivity index (χ0n) is 9.78. The molecule has 0 atom stereocenters. The number of thiophene rings is 1. The van der Waals surface area contributed by atoms with Gasteiger partial charge < -0.3 is 5.32 Å². The molecule has 1 rings (SSSR count). The number of rotatable bonds is 6. The first kappa shape index (κ1) is 13.6. The molecule has 0 aromatic carbocycles. The summed E-state index contributed by atoms with van der Waals surface area (Å²) in [6.45, 7) is 5.12. The molecule has 0 bridgehead atoms. The lowest BCUT2D eigenvalue weighted by atomic mass is 10.2. The zero-order valence-corrected chi connectivity index (χ0v) is 11.4. The molecule has 0 aliphatic carbocycles. The summed E-state index contributed by atoms with van der Waals surface area (Å²) in [5.41, 5.74) is 0. The predicted molar refractivity (Wildman–Crippen MR) is 67.1 cm³/mol. The van der Waals surface area contributed by atoms with Gasteiger partial charge in [0, 0.05) is 23.3 Å². The van der Waals surface area contributed by atoms with Crippen LogP contribution in [0.5, 0.6) is 0 Å². The summed E-state index contributed by atoms with van der Waals surface area (Å²) in [6, 6.07) is 1.71. The molecule has 0 unspecified atom stereocenters. The molecule has 0 aliphatic heterocycles. The SMILES string of the molecule is CNCc1cc(S(=O)(=O)NCC(C)C)cs1. The average Bonchev–Trinajstić information content (AvgIpc) is 2.65. The van der Waals surface area contributed by atoms with Gasteiger partial charge in [-0.2, -0.15) is 0 Å². The smallest absolute Gasteiger partial charge is 0.241 e. The molecule has 0 spiro atoms. The van der Waals surface area contributed by atoms with Crippen molar-refractivity contribution in [1.82, 2.24) is 10.0 Å². The van der Waals surface area contributed by atoms with Crippen molar-refractivity contribution in [3.63, 3.8) is 0 Å². The van der Waals surface area contributed by atoms with E-state index in [0.717, 1.165) is 4.88 Å². The van der Waals surface area contributed by atoms with E-state index < -0.39 is 10.0 Å². The fourth-order valence-corrected chi connectivity index (χ4v) is 3.63. The Morgan fingerprint density at radius 3 is 2.69 bits per heavy atom. The van der Waals surface area contributed by atoms with Crippen molar-refractivity contribution >= 4 is 21.4 Å². The van der Waals surface area contributed by atoms with Crippen molar-refractivity contribution in [3.05, 3.63) is 16.3 Å². The third-order valence-corrected chi connectivity index (χ3v) is 4.46. The molecule has 4 nitrogen and oxygen atoms in total. The largest absolute Gasteiger partial charge is 0.315 e. The van der Waals surface area contributed by atoms with Gasteiger partial charge in [-0.25, -0.2) is 13.1 Å². The first-order chi connectivity index (χ1) is 7.45. The minimum Gasteiger partial charge on any atom is -0.315 e. The fourth-order valence-electron chi connectivity index (χ4n) is 1.13. The van der Waals surface area contributed by atoms with Gasteiger partial charge in [0.25, 0.3) is 0 Å². The number of hydrogen-bond donors (Lipinski definition) is 2. The highest BCUT2D eigenvalue weighted by molar-refractivity contribution is 7.89. The van der Waals surface area contributed by atoms with E-state index in [0.29, 0.717) is 23.9 Å². The lowest BCUT2D eigenvalue weighted by Gasteiger charge is -2.06. The first-order valence-corrected chi connectivity index (χ1v) is 7.53. The maximum absolute atomic E-state index is 11.8. The van der Waals surface area contributed by atoms with E-state index in [1.807, 2.05) is 20.9 Å². The van der Waals surface area contributed by atoms with Crippen molar-refractivity contribution in [1.29, 1.82) is 0 Å². The standard InChI is InChI=1S/C10H18N2O2S2/c1-8(2)5-12-16(13,14)10-4-9(6-11-3)15-7-10/h4,7-8,11-12H,5-6H2,1-3H3. The van der Waals surface area contributed by atoms with Crippen LogP contribution in [-0.2, 0) is 16.6 Å². The molecule has 0 radical (unpaired) electrons. The summed E-state index contributed by atoms with van der Waals surface area (Å²) in [5, 5.41) is 4.67. The van der Waals surface area contributed by atoms with Gasteiger partial charge >= 0.3 is 0 Å². The molecule has 0 fully saturated rings. The maximum Gasteiger partial charge on any atom is 0.241 e. The van der Waals surface area contributed by atoms with E-state index in [1.54, 1.807) is 11.4 Å². The van der Waals surface area contributed by atoms with Gasteiger partial charge in [-0.3, -0.25) is 0 Å². The summed E-state index contributed by atoms with van der Waals surface area (Å²) in [4.78, 5) is 1.39. The molecule has 0 amide bonds. The van der Waals surface area contributed by atoms with Gasteiger partial charge in [-0.1, -0.05) is 13.8 Å². The van der Waals surface area contributed by atoms with Gasteiger partial charge in [-0.05, 0) is 19.0 Å². The van der Waals surface area contributed by atoms with Gasteiger partial charge in [0.1, 0.15) is 0 Å². The van der Waals surface area contributed by atoms with E-state index >= 15 is 0 Å². The minimum atomic E-state index is -3.32. The molecule has 2 N–H and O–H groups in total. The lowest BCUT2D eigenvalue weighted by molar-refractivity contribution is 0.560. The Hall–Kier alpha value is -0.430. The van der Waals surface area contributed by atoms with Gasteiger partial charge in [0.2, 0.25) is 10.0 Å². The Kier molecular flexibility index (Phi) is 4.91. The van der Waals surface area contributed by atoms with Crippen LogP contribution in [0.2, 0.25) is 0 Å². The van der Waals surface area contributed by atoms with Crippen molar-refractivity contribution in [2.75, 3.05) is 13.6 Å². The summed E-state index contributed by atoms with van der Waals surface area (Å²) in [5.74, 6) is 0.310. The van der Waals surface area contributed by atoms with Gasteiger partial charge in [-0.15, -0.1) is 11.3 Å². The van der Waals surface area contributed by atoms with E-state index in [-0.39, 0.29) is 0 Å². The Morgan fingerprint density at radius 2 is 2.12 bits per heavy atom. The predicted octanol–water partition coefficient (Wildman–Crippen LogP) is 1.40. The van der Waals surface area contributed by atoms with Crippen LogP contribution < -0.4 is 10.0 Å². The molecule has 0 aliphatic rings. The van der Waals surface area contributed by atoms with E-state index in [4.69, 9.17) is 0 Å². The van der Waals surface area contributed by atoms with Crippen LogP contribution >= 0.6 is 11.3 Å². The highest BCUT2D eigenvalue weighted by atomic mass is 32.2. The molecule has 1 heterocycles. The Labute approximate surface area is 101 Å². The molecule has 16 heavy (non-hydrogen) atoms. The van der Waals surface area contributed by atoms with Crippen LogP contribution in [0.3, 0.4) is 0 Å². The normalized spacial score (nSPS) is 12.2. The molecular weight excluding hydrogens is 244 g/mol. The second kappa shape index (κ2) is 5.77. The van der Waals surface area contributed by atoms with E-state index in [9.17, 15) is 8.42 Å². The summed E-state index contributed by atoms with van der Waals surface area (Å²) >= 11 is 1.45. The van der Waals surface area contributed by atoms with E-state index in [1.165, 1.54) is 11.3 Å². The van der Waals surface area contributed by atoms with Crippen LogP contribution in [0, 0.1) is 5.92 Å². The van der Waals surface area contributed by atoms with Crippen LogP contribution in [0.1, 0.15) is 18.7 Å². The summed E-state index contributed by atoms with van der Waals surface area (Å²) in [6.07, 6.45) is 0. The molecule has 92 valence electrons. The lowest BCUT2D eigenvalue weighted by Crippen LogP contribution is -2.27. The quantitative estimate of drug-likeness (QED) is 0.815. The van der Waals surface area contributed by atoms with Crippen LogP contribution in [0.15, 0.2) is 16.3 Å². The number of sulfonamides is 1. The van der Waals surface area contributed by atoms with Crippen LogP contribution in [0.4, 0.5) is 0 Å². The highest BCUT2D eigenvalue weighted by Gasteiger charge is 2.15. The van der Waals surface area contributed by atoms with Crippen molar-refractivity contribution in [2.24, 2.45) is 5.92 Å². The van der Waals surface area contributed by atoms with Gasteiger partial charge in [0.05, 0.1) is 4.90 Å². The summed E-state index contributed by atoms with van der Waals surface area (Å²) in [7, 11) is -1.48. The number of nitrogens with one attached hydrogen (secondary N) is 2. The second-order valence-corrected chi connectivity index (χ2v) is 6.79. The Morgan fingerprint density at radius 1 is 1.44 bits per heavy atom. The Balaban J connectivity index is 2.74. The first-order valence-electron chi connectivity index (χ1n) is 5.17. The average molecular weight is 262 g/mol. The van der Waals surface area contributed by atoms with E-state index in [2.05, 4.69) is 10.0 Å². The van der Waals surface area contributed by atoms with Crippen LogP contribution in [0.25, 0.3) is 0 Å². The monoisotopic (exact) mass is 262 g/mol. The maximum atomic E-state index is 11.8. The minimum absolute atomic E-state index is 0.310. The van der Waals surface area contributed by atoms with Crippen molar-refractivity contribution in [3.8, 4) is 0 Å². The molecule has 0 saturated heterocycles. The molecule has 1 aromatic heterocycles. The highest BCUT2D eigenvalue weighted by Crippen LogP contribution is 2.18. The molecular formula is C10H18N2O2S2. The third-order valence-electron chi connectivity index (χ3n) is 1.97. The topological polar surface area (TPSA) is 58.2 Å². The number of hydrogen-bond acceptors (Lipinski definition) is 4. The van der Waals surface area contributed by atoms with Crippen molar-refractivity contribution in [2.45, 2.75) is 25.3 Å². The summed E-state index contributed by atoms with van der Waals surface area (Å²) < 4.78 is 26.2. The molecule has 1 aromatic rings. The van der Waals surface area contributed by atoms with Gasteiger partial charge in [0.15, 0.2) is 0 Å². The zero-order chi connectivity index (χ0) is 12.2.